The van der Waals surface area contributed by atoms with E-state index in [-0.39, 0.29) is 6.04 Å². The average molecular weight is 289 g/mol. The van der Waals surface area contributed by atoms with E-state index < -0.39 is 0 Å². The van der Waals surface area contributed by atoms with Gasteiger partial charge in [-0.3, -0.25) is 0 Å². The lowest BCUT2D eigenvalue weighted by Gasteiger charge is -2.28. The lowest BCUT2D eigenvalue weighted by molar-refractivity contribution is 0.314. The Balaban J connectivity index is 2.02. The Hall–Kier alpha value is -1.06. The van der Waals surface area contributed by atoms with Crippen molar-refractivity contribution in [3.05, 3.63) is 29.3 Å². The van der Waals surface area contributed by atoms with E-state index in [9.17, 15) is 0 Å². The van der Waals surface area contributed by atoms with E-state index >= 15 is 0 Å². The van der Waals surface area contributed by atoms with Gasteiger partial charge in [0.25, 0.3) is 0 Å². The highest BCUT2D eigenvalue weighted by atomic mass is 15.2. The highest BCUT2D eigenvalue weighted by Crippen LogP contribution is 2.23. The monoisotopic (exact) mass is 289 g/mol. The molecule has 0 radical (unpaired) electrons. The molecule has 1 aromatic rings. The van der Waals surface area contributed by atoms with Crippen molar-refractivity contribution in [2.24, 2.45) is 5.73 Å². The minimum atomic E-state index is 0.278. The smallest absolute Gasteiger partial charge is 0.0394 e. The number of likely N-dealkylation sites (N-methyl/N-ethyl adjacent to an activating group) is 2. The van der Waals surface area contributed by atoms with Crippen LogP contribution < -0.4 is 10.6 Å². The molecule has 2 atom stereocenters. The number of hydrogen-bond acceptors (Lipinski definition) is 3. The summed E-state index contributed by atoms with van der Waals surface area (Å²) in [6, 6.07) is 7.79. The zero-order chi connectivity index (χ0) is 15.4. The van der Waals surface area contributed by atoms with Crippen LogP contribution in [0.5, 0.6) is 0 Å². The number of likely N-dealkylation sites (tertiary alicyclic amines) is 1. The zero-order valence-corrected chi connectivity index (χ0v) is 14.1. The quantitative estimate of drug-likeness (QED) is 0.874. The number of rotatable bonds is 6. The van der Waals surface area contributed by atoms with Gasteiger partial charge in [-0.2, -0.15) is 0 Å². The van der Waals surface area contributed by atoms with E-state index in [0.717, 1.165) is 19.4 Å². The molecule has 2 rings (SSSR count). The number of benzene rings is 1. The minimum absolute atomic E-state index is 0.278. The molecule has 3 nitrogen and oxygen atoms in total. The summed E-state index contributed by atoms with van der Waals surface area (Å²) in [6.07, 6.45) is 4.67. The van der Waals surface area contributed by atoms with Crippen molar-refractivity contribution in [2.45, 2.75) is 51.6 Å². The predicted octanol–water partition coefficient (Wildman–Crippen LogP) is 2.81. The lowest BCUT2D eigenvalue weighted by Crippen LogP contribution is -2.36. The fraction of sp³-hybridized carbons (Fsp3) is 0.667. The summed E-state index contributed by atoms with van der Waals surface area (Å²) in [5.41, 5.74) is 10.1. The average Bonchev–Trinajstić information content (AvgIpc) is 2.84. The van der Waals surface area contributed by atoms with Crippen molar-refractivity contribution in [1.29, 1.82) is 0 Å². The van der Waals surface area contributed by atoms with Gasteiger partial charge in [-0.25, -0.2) is 0 Å². The first-order valence-electron chi connectivity index (χ1n) is 8.27. The largest absolute Gasteiger partial charge is 0.373 e. The standard InChI is InChI=1S/C18H31N3/c1-5-16(19)12-15-8-9-18(14(2)11-15)21(4)13-17-7-6-10-20(17)3/h8-9,11,16-17H,5-7,10,12-13,19H2,1-4H3. The maximum atomic E-state index is 6.06. The van der Waals surface area contributed by atoms with Crippen LogP contribution in [0.3, 0.4) is 0 Å². The van der Waals surface area contributed by atoms with Crippen LogP contribution in [-0.4, -0.2) is 44.2 Å². The topological polar surface area (TPSA) is 32.5 Å². The van der Waals surface area contributed by atoms with Gasteiger partial charge in [0.15, 0.2) is 0 Å². The van der Waals surface area contributed by atoms with Gasteiger partial charge >= 0.3 is 0 Å². The van der Waals surface area contributed by atoms with Crippen molar-refractivity contribution in [3.8, 4) is 0 Å². The number of nitrogens with two attached hydrogens (primary N) is 1. The highest BCUT2D eigenvalue weighted by molar-refractivity contribution is 5.54. The molecule has 118 valence electrons. The van der Waals surface area contributed by atoms with Gasteiger partial charge in [-0.1, -0.05) is 19.1 Å². The molecule has 1 aromatic carbocycles. The molecule has 1 saturated heterocycles. The van der Waals surface area contributed by atoms with Crippen LogP contribution in [0.4, 0.5) is 5.69 Å². The molecular weight excluding hydrogens is 258 g/mol. The summed E-state index contributed by atoms with van der Waals surface area (Å²) in [5, 5.41) is 0. The van der Waals surface area contributed by atoms with Crippen LogP contribution in [0.2, 0.25) is 0 Å². The minimum Gasteiger partial charge on any atom is -0.373 e. The number of anilines is 1. The first kappa shape index (κ1) is 16.3. The van der Waals surface area contributed by atoms with Crippen molar-refractivity contribution in [3.63, 3.8) is 0 Å². The van der Waals surface area contributed by atoms with Crippen LogP contribution in [0, 0.1) is 6.92 Å². The highest BCUT2D eigenvalue weighted by Gasteiger charge is 2.22. The number of hydrogen-bond donors (Lipinski definition) is 1. The molecule has 2 N–H and O–H groups in total. The van der Waals surface area contributed by atoms with E-state index in [4.69, 9.17) is 5.73 Å². The summed E-state index contributed by atoms with van der Waals surface area (Å²) >= 11 is 0. The van der Waals surface area contributed by atoms with Crippen LogP contribution in [0.15, 0.2) is 18.2 Å². The summed E-state index contributed by atoms with van der Waals surface area (Å²) < 4.78 is 0. The maximum absolute atomic E-state index is 6.06. The summed E-state index contributed by atoms with van der Waals surface area (Å²) in [4.78, 5) is 4.89. The second kappa shape index (κ2) is 7.28. The molecule has 2 unspecified atom stereocenters. The lowest BCUT2D eigenvalue weighted by atomic mass is 10.0. The molecule has 0 bridgehead atoms. The molecule has 21 heavy (non-hydrogen) atoms. The van der Waals surface area contributed by atoms with Gasteiger partial charge in [0.1, 0.15) is 0 Å². The van der Waals surface area contributed by atoms with Gasteiger partial charge in [-0.15, -0.1) is 0 Å². The Morgan fingerprint density at radius 1 is 1.43 bits per heavy atom. The molecule has 0 aliphatic carbocycles. The van der Waals surface area contributed by atoms with Crippen molar-refractivity contribution >= 4 is 5.69 Å². The van der Waals surface area contributed by atoms with E-state index in [1.807, 2.05) is 0 Å². The summed E-state index contributed by atoms with van der Waals surface area (Å²) in [6.45, 7) is 6.72. The molecule has 0 saturated carbocycles. The van der Waals surface area contributed by atoms with Gasteiger partial charge in [0, 0.05) is 31.4 Å². The van der Waals surface area contributed by atoms with Gasteiger partial charge < -0.3 is 15.5 Å². The van der Waals surface area contributed by atoms with Crippen molar-refractivity contribution < 1.29 is 0 Å². The van der Waals surface area contributed by atoms with E-state index in [1.54, 1.807) is 0 Å². The Labute approximate surface area is 130 Å². The molecule has 1 fully saturated rings. The molecule has 0 aromatic heterocycles. The summed E-state index contributed by atoms with van der Waals surface area (Å²) in [5.74, 6) is 0. The van der Waals surface area contributed by atoms with Crippen LogP contribution in [0.1, 0.15) is 37.3 Å². The van der Waals surface area contributed by atoms with Gasteiger partial charge in [0.05, 0.1) is 0 Å². The number of aryl methyl sites for hydroxylation is 1. The fourth-order valence-corrected chi connectivity index (χ4v) is 3.34. The van der Waals surface area contributed by atoms with E-state index in [0.29, 0.717) is 6.04 Å². The fourth-order valence-electron chi connectivity index (χ4n) is 3.34. The van der Waals surface area contributed by atoms with E-state index in [1.165, 1.54) is 36.2 Å². The molecule has 0 amide bonds. The van der Waals surface area contributed by atoms with Crippen LogP contribution >= 0.6 is 0 Å². The van der Waals surface area contributed by atoms with Crippen molar-refractivity contribution in [1.82, 2.24) is 4.90 Å². The van der Waals surface area contributed by atoms with Crippen LogP contribution in [0.25, 0.3) is 0 Å². The zero-order valence-electron chi connectivity index (χ0n) is 14.1. The Bertz CT molecular complexity index is 458. The Morgan fingerprint density at radius 2 is 2.19 bits per heavy atom. The maximum Gasteiger partial charge on any atom is 0.0394 e. The van der Waals surface area contributed by atoms with Gasteiger partial charge in [0.2, 0.25) is 0 Å². The Kier molecular flexibility index (Phi) is 5.65. The van der Waals surface area contributed by atoms with E-state index in [2.05, 4.69) is 55.9 Å². The van der Waals surface area contributed by atoms with Crippen molar-refractivity contribution in [2.75, 3.05) is 32.1 Å². The molecule has 1 aliphatic heterocycles. The third-order valence-corrected chi connectivity index (χ3v) is 4.85. The normalized spacial score (nSPS) is 20.7. The van der Waals surface area contributed by atoms with Gasteiger partial charge in [-0.05, 0) is 63.4 Å². The second-order valence-corrected chi connectivity index (χ2v) is 6.65. The molecule has 0 spiro atoms. The number of nitrogens with zero attached hydrogens (tertiary/aromatic N) is 2. The first-order chi connectivity index (χ1) is 10.0. The molecular formula is C18H31N3. The first-order valence-corrected chi connectivity index (χ1v) is 8.27. The Morgan fingerprint density at radius 3 is 2.76 bits per heavy atom. The van der Waals surface area contributed by atoms with Crippen LogP contribution in [-0.2, 0) is 6.42 Å². The SMILES string of the molecule is CCC(N)Cc1ccc(N(C)CC2CCCN2C)c(C)c1. The molecule has 1 heterocycles. The molecule has 1 aliphatic rings. The second-order valence-electron chi connectivity index (χ2n) is 6.65. The predicted molar refractivity (Wildman–Crippen MR) is 92.1 cm³/mol. The molecule has 3 heteroatoms. The third kappa shape index (κ3) is 4.21. The summed E-state index contributed by atoms with van der Waals surface area (Å²) in [7, 11) is 4.46. The third-order valence-electron chi connectivity index (χ3n) is 4.85.